The zero-order chi connectivity index (χ0) is 54.1. The molecule has 0 atom stereocenters. The molecule has 8 rings (SSSR count). The molecule has 0 aliphatic carbocycles. The second-order valence-electron chi connectivity index (χ2n) is 16.6. The van der Waals surface area contributed by atoms with Gasteiger partial charge in [-0.3, -0.25) is 0 Å². The fourth-order valence-corrected chi connectivity index (χ4v) is 6.78. The predicted octanol–water partition coefficient (Wildman–Crippen LogP) is 14.7. The molecule has 0 bridgehead atoms. The van der Waals surface area contributed by atoms with Crippen molar-refractivity contribution in [1.29, 1.82) is 0 Å². The first-order chi connectivity index (χ1) is 36.6. The first kappa shape index (κ1) is 54.3. The van der Waals surface area contributed by atoms with Crippen LogP contribution in [0.1, 0.15) is 72.2 Å². The molecule has 8 aromatic carbocycles. The van der Waals surface area contributed by atoms with Gasteiger partial charge in [0.25, 0.3) is 0 Å². The molecule has 8 nitrogen and oxygen atoms in total. The van der Waals surface area contributed by atoms with Gasteiger partial charge >= 0.3 is 0 Å². The third kappa shape index (κ3) is 15.3. The molecule has 0 saturated carbocycles. The van der Waals surface area contributed by atoms with E-state index in [1.807, 2.05) is 0 Å². The summed E-state index contributed by atoms with van der Waals surface area (Å²) in [5.41, 5.74) is 8.17. The van der Waals surface area contributed by atoms with Gasteiger partial charge in [-0.05, 0) is 222 Å². The zero-order valence-electron chi connectivity index (χ0n) is 41.1. The summed E-state index contributed by atoms with van der Waals surface area (Å²) in [6.45, 7) is 6.78. The molecule has 0 spiro atoms. The van der Waals surface area contributed by atoms with Crippen LogP contribution in [0.5, 0.6) is 0 Å². The average molecular weight is 1030 g/mol. The normalized spacial score (nSPS) is 11.7. The Hall–Kier alpha value is -9.44. The Kier molecular flexibility index (Phi) is 18.6. The Morgan fingerprint density at radius 2 is 0.289 bits per heavy atom. The Morgan fingerprint density at radius 1 is 0.184 bits per heavy atom. The molecule has 380 valence electrons. The fourth-order valence-electron chi connectivity index (χ4n) is 6.78. The van der Waals surface area contributed by atoms with Crippen LogP contribution >= 0.6 is 0 Å². The molecule has 0 fully saturated rings. The quantitative estimate of drug-likeness (QED) is 0.0589. The lowest BCUT2D eigenvalue weighted by Gasteiger charge is -2.07. The van der Waals surface area contributed by atoms with Crippen LogP contribution in [0.25, 0.3) is 0 Å². The Bertz CT molecular complexity index is 2850. The number of halogens is 8. The van der Waals surface area contributed by atoms with E-state index in [2.05, 4.69) is 40.8 Å². The Morgan fingerprint density at radius 3 is 0.395 bits per heavy atom. The molecule has 0 unspecified atom stereocenters. The van der Waals surface area contributed by atoms with Crippen molar-refractivity contribution in [3.63, 3.8) is 0 Å². The summed E-state index contributed by atoms with van der Waals surface area (Å²) in [6.07, 6.45) is 0. The summed E-state index contributed by atoms with van der Waals surface area (Å²) in [5.74, 6) is -3.18. The minimum Gasteiger partial charge on any atom is -0.207 e. The second-order valence-corrected chi connectivity index (χ2v) is 16.6. The van der Waals surface area contributed by atoms with E-state index in [1.165, 1.54) is 97.1 Å². The van der Waals surface area contributed by atoms with E-state index in [9.17, 15) is 35.1 Å². The van der Waals surface area contributed by atoms with Crippen LogP contribution in [-0.4, -0.2) is 45.7 Å². The van der Waals surface area contributed by atoms with Crippen molar-refractivity contribution in [2.75, 3.05) is 0 Å². The van der Waals surface area contributed by atoms with E-state index in [0.29, 0.717) is 90.2 Å². The van der Waals surface area contributed by atoms with Crippen molar-refractivity contribution in [2.45, 2.75) is 27.7 Å². The summed E-state index contributed by atoms with van der Waals surface area (Å²) >= 11 is 0. The first-order valence-corrected chi connectivity index (χ1v) is 23.2. The van der Waals surface area contributed by atoms with E-state index in [0.717, 1.165) is 0 Å². The molecule has 0 aliphatic rings. The standard InChI is InChI=1S/2C30H22F4N4/c2*1-19(35-37-29(21-3-11-25(31)12-4-21)22-5-13-26(32)14-6-22)20(2)36-38-30(23-7-15-27(33)16-8-23)24-9-17-28(34)18-10-24/h2*3-18H,1-2H3/b2*35-19+,36-20+. The number of rotatable bonds is 14. The molecule has 16 heteroatoms. The van der Waals surface area contributed by atoms with Gasteiger partial charge in [0.1, 0.15) is 69.4 Å². The number of benzene rings is 8. The van der Waals surface area contributed by atoms with Crippen molar-refractivity contribution in [3.8, 4) is 0 Å². The summed E-state index contributed by atoms with van der Waals surface area (Å²) in [7, 11) is 0. The smallest absolute Gasteiger partial charge is 0.123 e. The van der Waals surface area contributed by atoms with Crippen LogP contribution in [0.15, 0.2) is 235 Å². The minimum atomic E-state index is -0.397. The van der Waals surface area contributed by atoms with E-state index in [-0.39, 0.29) is 0 Å². The summed E-state index contributed by atoms with van der Waals surface area (Å²) < 4.78 is 108. The molecule has 0 N–H and O–H groups in total. The highest BCUT2D eigenvalue weighted by Gasteiger charge is 2.13. The third-order valence-electron chi connectivity index (χ3n) is 11.2. The Balaban J connectivity index is 0.000000221. The predicted molar refractivity (Wildman–Crippen MR) is 286 cm³/mol. The lowest BCUT2D eigenvalue weighted by Crippen LogP contribution is -2.08. The van der Waals surface area contributed by atoms with E-state index in [1.54, 1.807) is 125 Å². The molecular formula is C60H44F8N8. The van der Waals surface area contributed by atoms with Crippen LogP contribution in [0.4, 0.5) is 35.1 Å². The summed E-state index contributed by atoms with van der Waals surface area (Å²) in [6, 6.07) is 45.8. The van der Waals surface area contributed by atoms with Gasteiger partial charge in [0, 0.05) is 44.5 Å². The molecular weight excluding hydrogens is 985 g/mol. The van der Waals surface area contributed by atoms with Crippen LogP contribution in [0.3, 0.4) is 0 Å². The average Bonchev–Trinajstić information content (AvgIpc) is 3.43. The van der Waals surface area contributed by atoms with Gasteiger partial charge in [-0.25, -0.2) is 35.1 Å². The third-order valence-corrected chi connectivity index (χ3v) is 11.2. The lowest BCUT2D eigenvalue weighted by atomic mass is 10.0. The van der Waals surface area contributed by atoms with Gasteiger partial charge in [0.05, 0.1) is 22.8 Å². The monoisotopic (exact) mass is 1030 g/mol. The van der Waals surface area contributed by atoms with Gasteiger partial charge in [0.2, 0.25) is 0 Å². The molecule has 8 aromatic rings. The molecule has 0 heterocycles. The van der Waals surface area contributed by atoms with Gasteiger partial charge in [-0.15, -0.1) is 20.4 Å². The van der Waals surface area contributed by atoms with Crippen molar-refractivity contribution >= 4 is 45.7 Å². The maximum absolute atomic E-state index is 13.5. The second kappa shape index (κ2) is 26.0. The number of hydrogen-bond acceptors (Lipinski definition) is 8. The van der Waals surface area contributed by atoms with Crippen LogP contribution in [0.2, 0.25) is 0 Å². The lowest BCUT2D eigenvalue weighted by molar-refractivity contribution is 0.627. The van der Waals surface area contributed by atoms with Gasteiger partial charge in [0.15, 0.2) is 0 Å². The molecule has 0 amide bonds. The fraction of sp³-hybridized carbons (Fsp3) is 0.0667. The van der Waals surface area contributed by atoms with E-state index in [4.69, 9.17) is 0 Å². The van der Waals surface area contributed by atoms with E-state index < -0.39 is 46.5 Å². The zero-order valence-corrected chi connectivity index (χ0v) is 41.1. The Labute approximate surface area is 433 Å². The van der Waals surface area contributed by atoms with E-state index >= 15 is 0 Å². The summed E-state index contributed by atoms with van der Waals surface area (Å²) in [4.78, 5) is 0. The van der Waals surface area contributed by atoms with Gasteiger partial charge in [-0.1, -0.05) is 0 Å². The molecule has 0 radical (unpaired) electrons. The first-order valence-electron chi connectivity index (χ1n) is 23.2. The van der Waals surface area contributed by atoms with Gasteiger partial charge < -0.3 is 0 Å². The maximum atomic E-state index is 13.5. The number of nitrogens with zero attached hydrogens (tertiary/aromatic N) is 8. The largest absolute Gasteiger partial charge is 0.207 e. The van der Waals surface area contributed by atoms with Crippen molar-refractivity contribution < 1.29 is 35.1 Å². The van der Waals surface area contributed by atoms with Crippen molar-refractivity contribution in [2.24, 2.45) is 40.8 Å². The minimum absolute atomic E-state index is 0.397. The van der Waals surface area contributed by atoms with Crippen LogP contribution in [0, 0.1) is 46.5 Å². The maximum Gasteiger partial charge on any atom is 0.123 e. The van der Waals surface area contributed by atoms with Crippen molar-refractivity contribution in [3.05, 3.63) is 285 Å². The highest BCUT2D eigenvalue weighted by Crippen LogP contribution is 2.19. The molecule has 0 aromatic heterocycles. The van der Waals surface area contributed by atoms with Crippen LogP contribution in [-0.2, 0) is 0 Å². The highest BCUT2D eigenvalue weighted by atomic mass is 19.2. The SMILES string of the molecule is CC(=N\N=C(c1ccc(F)cc1)c1ccc(F)cc1)/C(C)=N/N=C(c1ccc(F)cc1)c1ccc(F)cc1.CC(=N\N=C(c1ccc(F)cc1)c1ccc(F)cc1)/C(C)=N/N=C(c1ccc(F)cc1)c1ccc(F)cc1. The molecule has 0 aliphatic heterocycles. The topological polar surface area (TPSA) is 98.9 Å². The van der Waals surface area contributed by atoms with Gasteiger partial charge in [-0.2, -0.15) is 20.4 Å². The number of hydrogen-bond donors (Lipinski definition) is 0. The molecule has 0 saturated heterocycles. The molecule has 76 heavy (non-hydrogen) atoms. The van der Waals surface area contributed by atoms with Crippen LogP contribution < -0.4 is 0 Å². The summed E-state index contributed by atoms with van der Waals surface area (Å²) in [5, 5.41) is 34.6. The van der Waals surface area contributed by atoms with Crippen molar-refractivity contribution in [1.82, 2.24) is 0 Å². The highest BCUT2D eigenvalue weighted by molar-refractivity contribution is 6.41.